The second-order valence-corrected chi connectivity index (χ2v) is 3.67. The molecule has 3 aromatic heterocycles. The lowest BCUT2D eigenvalue weighted by Crippen LogP contribution is -2.07. The molecule has 0 spiro atoms. The van der Waals surface area contributed by atoms with E-state index in [1.54, 1.807) is 0 Å². The van der Waals surface area contributed by atoms with Crippen LogP contribution in [0, 0.1) is 5.82 Å². The molecule has 3 rings (SSSR count). The summed E-state index contributed by atoms with van der Waals surface area (Å²) in [5.74, 6) is -0.720. The maximum Gasteiger partial charge on any atom is 0.255 e. The van der Waals surface area contributed by atoms with E-state index < -0.39 is 17.3 Å². The third kappa shape index (κ3) is 2.51. The van der Waals surface area contributed by atoms with Crippen molar-refractivity contribution in [3.63, 3.8) is 0 Å². The van der Waals surface area contributed by atoms with Crippen LogP contribution in [0.25, 0.3) is 17.2 Å². The molecule has 0 aromatic carbocycles. The fourth-order valence-electron chi connectivity index (χ4n) is 1.70. The predicted octanol–water partition coefficient (Wildman–Crippen LogP) is 1.96. The van der Waals surface area contributed by atoms with Gasteiger partial charge >= 0.3 is 0 Å². The van der Waals surface area contributed by atoms with Crippen LogP contribution in [-0.2, 0) is 0 Å². The molecule has 6 nitrogen and oxygen atoms in total. The van der Waals surface area contributed by atoms with Crippen molar-refractivity contribution in [3.05, 3.63) is 46.8 Å². The van der Waals surface area contributed by atoms with E-state index in [-0.39, 0.29) is 5.82 Å². The number of fused-ring (bicyclic) bond motifs is 1. The van der Waals surface area contributed by atoms with Crippen molar-refractivity contribution in [2.75, 3.05) is 0 Å². The van der Waals surface area contributed by atoms with Crippen molar-refractivity contribution in [2.24, 2.45) is 0 Å². The van der Waals surface area contributed by atoms with Crippen LogP contribution < -0.4 is 5.56 Å². The second-order valence-electron chi connectivity index (χ2n) is 3.67. The Bertz CT molecular complexity index is 794. The van der Waals surface area contributed by atoms with Crippen LogP contribution in [0.3, 0.4) is 0 Å². The zero-order valence-electron chi connectivity index (χ0n) is 11.0. The van der Waals surface area contributed by atoms with Crippen LogP contribution in [0.4, 0.5) is 4.39 Å². The van der Waals surface area contributed by atoms with E-state index in [4.69, 9.17) is 0 Å². The molecule has 0 fully saturated rings. The number of nitrogens with zero attached hydrogens (tertiary/aromatic N) is 3. The minimum atomic E-state index is -0.496. The Kier molecular flexibility index (Phi) is 3.79. The molecule has 0 saturated carbocycles. The molecule has 0 radical (unpaired) electrons. The summed E-state index contributed by atoms with van der Waals surface area (Å²) >= 11 is 0. The Hall–Kier alpha value is -2.70. The summed E-state index contributed by atoms with van der Waals surface area (Å²) in [5.41, 5.74) is 0.402. The number of aromatic hydroxyl groups is 1. The average molecular weight is 276 g/mol. The van der Waals surface area contributed by atoms with Crippen LogP contribution in [0.2, 0.25) is 0 Å². The van der Waals surface area contributed by atoms with E-state index in [2.05, 4.69) is 15.0 Å². The number of pyridine rings is 1. The van der Waals surface area contributed by atoms with Gasteiger partial charge in [-0.3, -0.25) is 9.20 Å². The lowest BCUT2D eigenvalue weighted by atomic mass is 10.4. The van der Waals surface area contributed by atoms with Crippen molar-refractivity contribution in [2.45, 2.75) is 13.8 Å². The predicted molar refractivity (Wildman–Crippen MR) is 72.0 cm³/mol. The molecule has 104 valence electrons. The highest BCUT2D eigenvalue weighted by Crippen LogP contribution is 2.17. The van der Waals surface area contributed by atoms with Gasteiger partial charge in [0.2, 0.25) is 5.88 Å². The Balaban J connectivity index is 0.000000704. The number of aromatic nitrogens is 4. The molecule has 0 atom stereocenters. The van der Waals surface area contributed by atoms with Crippen molar-refractivity contribution in [3.8, 4) is 17.4 Å². The molecule has 0 amide bonds. The van der Waals surface area contributed by atoms with Crippen molar-refractivity contribution >= 4 is 5.65 Å². The first-order chi connectivity index (χ1) is 9.63. The van der Waals surface area contributed by atoms with E-state index in [1.165, 1.54) is 28.9 Å². The molecule has 0 aliphatic carbocycles. The highest BCUT2D eigenvalue weighted by molar-refractivity contribution is 5.56. The minimum Gasteiger partial charge on any atom is -0.493 e. The number of imidazole rings is 1. The minimum absolute atomic E-state index is 0.123. The molecule has 20 heavy (non-hydrogen) atoms. The van der Waals surface area contributed by atoms with Gasteiger partial charge in [-0.1, -0.05) is 13.8 Å². The Morgan fingerprint density at radius 1 is 1.35 bits per heavy atom. The normalized spacial score (nSPS) is 10.2. The van der Waals surface area contributed by atoms with Gasteiger partial charge in [-0.2, -0.15) is 4.98 Å². The van der Waals surface area contributed by atoms with Gasteiger partial charge in [-0.15, -0.1) is 0 Å². The van der Waals surface area contributed by atoms with E-state index in [1.807, 2.05) is 13.8 Å². The summed E-state index contributed by atoms with van der Waals surface area (Å²) in [4.78, 5) is 21.5. The van der Waals surface area contributed by atoms with E-state index in [0.29, 0.717) is 11.3 Å². The number of rotatable bonds is 1. The lowest BCUT2D eigenvalue weighted by molar-refractivity contribution is 0.452. The summed E-state index contributed by atoms with van der Waals surface area (Å²) in [6, 6.07) is 3.73. The van der Waals surface area contributed by atoms with E-state index in [0.717, 1.165) is 6.07 Å². The summed E-state index contributed by atoms with van der Waals surface area (Å²) in [5, 5.41) is 9.28. The van der Waals surface area contributed by atoms with E-state index in [9.17, 15) is 14.3 Å². The fraction of sp³-hybridized carbons (Fsp3) is 0.154. The van der Waals surface area contributed by atoms with Crippen LogP contribution in [0.15, 0.2) is 35.4 Å². The maximum absolute atomic E-state index is 13.2. The number of halogens is 1. The molecule has 0 aliphatic rings. The molecule has 7 heteroatoms. The Morgan fingerprint density at radius 2 is 2.10 bits per heavy atom. The standard InChI is InChI=1S/C11H7FN4O2.C2H6/c12-6-1-2-8-13-4-7(16(8)5-6)11-14-9(17)3-10(18)15-11;1-2/h1-5H,(H2,14,15,17,18);1-2H3. The summed E-state index contributed by atoms with van der Waals surface area (Å²) in [7, 11) is 0. The second kappa shape index (κ2) is 5.52. The molecule has 0 aliphatic heterocycles. The fourth-order valence-corrected chi connectivity index (χ4v) is 1.70. The number of aromatic amines is 1. The molecular weight excluding hydrogens is 263 g/mol. The van der Waals surface area contributed by atoms with Crippen LogP contribution in [0.5, 0.6) is 5.88 Å². The molecule has 0 bridgehead atoms. The largest absolute Gasteiger partial charge is 0.493 e. The number of nitrogens with one attached hydrogen (secondary N) is 1. The van der Waals surface area contributed by atoms with Gasteiger partial charge in [0.15, 0.2) is 5.82 Å². The highest BCUT2D eigenvalue weighted by Gasteiger charge is 2.10. The van der Waals surface area contributed by atoms with Crippen molar-refractivity contribution in [1.29, 1.82) is 0 Å². The Labute approximate surface area is 113 Å². The first-order valence-corrected chi connectivity index (χ1v) is 6.07. The van der Waals surface area contributed by atoms with Crippen LogP contribution >= 0.6 is 0 Å². The number of hydrogen-bond donors (Lipinski definition) is 2. The molecule has 0 saturated heterocycles. The SMILES string of the molecule is CC.O=c1cc(O)nc(-c2cnc3ccc(F)cn23)[nH]1. The molecule has 3 heterocycles. The topological polar surface area (TPSA) is 83.3 Å². The first kappa shape index (κ1) is 13.7. The molecule has 2 N–H and O–H groups in total. The maximum atomic E-state index is 13.2. The smallest absolute Gasteiger partial charge is 0.255 e. The highest BCUT2D eigenvalue weighted by atomic mass is 19.1. The first-order valence-electron chi connectivity index (χ1n) is 6.07. The van der Waals surface area contributed by atoms with E-state index >= 15 is 0 Å². The van der Waals surface area contributed by atoms with Crippen molar-refractivity contribution in [1.82, 2.24) is 19.4 Å². The lowest BCUT2D eigenvalue weighted by Gasteiger charge is -2.01. The van der Waals surface area contributed by atoms with Crippen molar-refractivity contribution < 1.29 is 9.50 Å². The molecule has 3 aromatic rings. The zero-order chi connectivity index (χ0) is 14.7. The zero-order valence-corrected chi connectivity index (χ0v) is 11.0. The summed E-state index contributed by atoms with van der Waals surface area (Å²) in [6.07, 6.45) is 2.66. The third-order valence-electron chi connectivity index (χ3n) is 2.44. The quantitative estimate of drug-likeness (QED) is 0.711. The van der Waals surface area contributed by atoms with Gasteiger partial charge in [-0.25, -0.2) is 9.37 Å². The average Bonchev–Trinajstić information content (AvgIpc) is 2.83. The van der Waals surface area contributed by atoms with Gasteiger partial charge in [0.25, 0.3) is 5.56 Å². The van der Waals surface area contributed by atoms with Gasteiger partial charge in [0.05, 0.1) is 12.3 Å². The summed E-state index contributed by atoms with van der Waals surface area (Å²) in [6.45, 7) is 4.00. The number of hydrogen-bond acceptors (Lipinski definition) is 4. The number of H-pyrrole nitrogens is 1. The monoisotopic (exact) mass is 276 g/mol. The van der Waals surface area contributed by atoms with Gasteiger partial charge in [0, 0.05) is 6.20 Å². The van der Waals surface area contributed by atoms with Crippen LogP contribution in [-0.4, -0.2) is 24.5 Å². The van der Waals surface area contributed by atoms with Crippen LogP contribution in [0.1, 0.15) is 13.8 Å². The van der Waals surface area contributed by atoms with Gasteiger partial charge in [0.1, 0.15) is 17.2 Å². The van der Waals surface area contributed by atoms with Gasteiger partial charge in [-0.05, 0) is 12.1 Å². The summed E-state index contributed by atoms with van der Waals surface area (Å²) < 4.78 is 14.6. The third-order valence-corrected chi connectivity index (χ3v) is 2.44. The van der Waals surface area contributed by atoms with Gasteiger partial charge < -0.3 is 10.1 Å². The molecule has 0 unspecified atom stereocenters. The molecular formula is C13H13FN4O2. The Morgan fingerprint density at radius 3 is 2.80 bits per heavy atom.